The highest BCUT2D eigenvalue weighted by atomic mass is 32.2. The highest BCUT2D eigenvalue weighted by Gasteiger charge is 2.42. The van der Waals surface area contributed by atoms with Crippen LogP contribution in [0.5, 0.6) is 0 Å². The van der Waals surface area contributed by atoms with Crippen molar-refractivity contribution < 1.29 is 17.9 Å². The van der Waals surface area contributed by atoms with Crippen LogP contribution >= 0.6 is 0 Å². The molecule has 0 radical (unpaired) electrons. The Balaban J connectivity index is 2.00. The summed E-state index contributed by atoms with van der Waals surface area (Å²) in [4.78, 5) is 13.8. The van der Waals surface area contributed by atoms with Gasteiger partial charge in [-0.1, -0.05) is 0 Å². The fourth-order valence-corrected chi connectivity index (χ4v) is 5.46. The van der Waals surface area contributed by atoms with Crippen molar-refractivity contribution in [2.24, 2.45) is 0 Å². The van der Waals surface area contributed by atoms with Gasteiger partial charge in [0.05, 0.1) is 23.1 Å². The van der Waals surface area contributed by atoms with Crippen LogP contribution in [0.3, 0.4) is 0 Å². The van der Waals surface area contributed by atoms with E-state index in [0.717, 1.165) is 24.1 Å². The smallest absolute Gasteiger partial charge is 0.243 e. The monoisotopic (exact) mass is 366 g/mol. The van der Waals surface area contributed by atoms with Crippen LogP contribution in [0.25, 0.3) is 0 Å². The predicted molar refractivity (Wildman–Crippen MR) is 96.2 cm³/mol. The van der Waals surface area contributed by atoms with Crippen LogP contribution in [0.2, 0.25) is 0 Å². The highest BCUT2D eigenvalue weighted by molar-refractivity contribution is 7.89. The molecule has 0 bridgehead atoms. The van der Waals surface area contributed by atoms with E-state index in [0.29, 0.717) is 24.6 Å². The molecule has 3 rings (SSSR count). The number of aryl methyl sites for hydroxylation is 1. The number of sulfonamides is 1. The summed E-state index contributed by atoms with van der Waals surface area (Å²) in [5.41, 5.74) is 1.15. The van der Waals surface area contributed by atoms with Gasteiger partial charge in [-0.15, -0.1) is 0 Å². The van der Waals surface area contributed by atoms with Gasteiger partial charge in [-0.3, -0.25) is 4.79 Å². The molecule has 2 aliphatic rings. The second kappa shape index (κ2) is 6.37. The van der Waals surface area contributed by atoms with Crippen LogP contribution < -0.4 is 4.90 Å². The van der Waals surface area contributed by atoms with Crippen LogP contribution in [0.15, 0.2) is 23.1 Å². The van der Waals surface area contributed by atoms with E-state index in [2.05, 4.69) is 0 Å². The number of hydrogen-bond acceptors (Lipinski definition) is 4. The number of nitrogens with zero attached hydrogens (tertiary/aromatic N) is 2. The fraction of sp³-hybridized carbons (Fsp3) is 0.611. The van der Waals surface area contributed by atoms with E-state index in [9.17, 15) is 13.2 Å². The van der Waals surface area contributed by atoms with Gasteiger partial charge in [0.25, 0.3) is 0 Å². The molecule has 7 heteroatoms. The van der Waals surface area contributed by atoms with E-state index in [-0.39, 0.29) is 12.0 Å². The van der Waals surface area contributed by atoms with Gasteiger partial charge in [0.15, 0.2) is 0 Å². The van der Waals surface area contributed by atoms with Gasteiger partial charge in [-0.25, -0.2) is 8.42 Å². The number of amides is 1. The molecule has 1 unspecified atom stereocenters. The molecule has 25 heavy (non-hydrogen) atoms. The average molecular weight is 366 g/mol. The Bertz CT molecular complexity index is 788. The SMILES string of the molecule is CC(=O)N1CCCc2cc(S(=O)(=O)N3CC(C)OCC3(C)C)ccc21. The molecule has 6 nitrogen and oxygen atoms in total. The van der Waals surface area contributed by atoms with Crippen LogP contribution in [0, 0.1) is 0 Å². The summed E-state index contributed by atoms with van der Waals surface area (Å²) in [5.74, 6) is -0.0142. The standard InChI is InChI=1S/C18H26N2O4S/c1-13-11-20(18(3,4)12-24-13)25(22,23)16-7-8-17-15(10-16)6-5-9-19(17)14(2)21/h7-8,10,13H,5-6,9,11-12H2,1-4H3. The van der Waals surface area contributed by atoms with Gasteiger partial charge in [0.2, 0.25) is 15.9 Å². The Labute approximate surface area is 149 Å². The van der Waals surface area contributed by atoms with E-state index >= 15 is 0 Å². The van der Waals surface area contributed by atoms with E-state index < -0.39 is 15.6 Å². The second-order valence-electron chi connectivity index (χ2n) is 7.53. The third-order valence-corrected chi connectivity index (χ3v) is 7.03. The molecule has 0 spiro atoms. The van der Waals surface area contributed by atoms with Gasteiger partial charge in [-0.05, 0) is 57.4 Å². The molecule has 1 fully saturated rings. The second-order valence-corrected chi connectivity index (χ2v) is 9.40. The minimum Gasteiger partial charge on any atom is -0.375 e. The first-order valence-corrected chi connectivity index (χ1v) is 10.1. The van der Waals surface area contributed by atoms with Gasteiger partial charge in [0.1, 0.15) is 0 Å². The van der Waals surface area contributed by atoms with E-state index in [4.69, 9.17) is 4.74 Å². The van der Waals surface area contributed by atoms with Crippen LogP contribution in [0.1, 0.15) is 39.7 Å². The lowest BCUT2D eigenvalue weighted by atomic mass is 10.0. The van der Waals surface area contributed by atoms with Crippen LogP contribution in [-0.2, 0) is 26.0 Å². The normalized spacial score (nSPS) is 24.0. The Morgan fingerprint density at radius 2 is 2.04 bits per heavy atom. The molecular formula is C18H26N2O4S. The number of hydrogen-bond donors (Lipinski definition) is 0. The van der Waals surface area contributed by atoms with E-state index in [1.165, 1.54) is 6.92 Å². The molecule has 1 aromatic carbocycles. The third kappa shape index (κ3) is 3.32. The topological polar surface area (TPSA) is 66.9 Å². The molecule has 0 aromatic heterocycles. The first kappa shape index (κ1) is 18.4. The van der Waals surface area contributed by atoms with Crippen LogP contribution in [0.4, 0.5) is 5.69 Å². The van der Waals surface area contributed by atoms with Gasteiger partial charge in [0, 0.05) is 25.7 Å². The summed E-state index contributed by atoms with van der Waals surface area (Å²) in [6.45, 7) is 8.58. The number of fused-ring (bicyclic) bond motifs is 1. The number of morpholine rings is 1. The summed E-state index contributed by atoms with van der Waals surface area (Å²) in [5, 5.41) is 0. The summed E-state index contributed by atoms with van der Waals surface area (Å²) in [6, 6.07) is 5.11. The molecule has 138 valence electrons. The van der Waals surface area contributed by atoms with Gasteiger partial charge in [-0.2, -0.15) is 4.31 Å². The molecule has 0 saturated carbocycles. The number of carbonyl (C=O) groups excluding carboxylic acids is 1. The Morgan fingerprint density at radius 1 is 1.32 bits per heavy atom. The Morgan fingerprint density at radius 3 is 2.72 bits per heavy atom. The molecule has 1 aromatic rings. The number of rotatable bonds is 2. The maximum Gasteiger partial charge on any atom is 0.243 e. The van der Waals surface area contributed by atoms with Crippen molar-refractivity contribution in [3.8, 4) is 0 Å². The summed E-state index contributed by atoms with van der Waals surface area (Å²) in [6.07, 6.45) is 1.50. The van der Waals surface area contributed by atoms with E-state index in [1.807, 2.05) is 20.8 Å². The number of benzene rings is 1. The minimum atomic E-state index is -3.62. The Kier molecular flexibility index (Phi) is 4.68. The molecule has 2 aliphatic heterocycles. The highest BCUT2D eigenvalue weighted by Crippen LogP contribution is 2.33. The quantitative estimate of drug-likeness (QED) is 0.805. The number of ether oxygens (including phenoxy) is 1. The zero-order valence-corrected chi connectivity index (χ0v) is 16.1. The Hall–Kier alpha value is -1.44. The maximum absolute atomic E-state index is 13.2. The van der Waals surface area contributed by atoms with Crippen molar-refractivity contribution in [2.75, 3.05) is 24.6 Å². The molecule has 1 saturated heterocycles. The van der Waals surface area contributed by atoms with Crippen molar-refractivity contribution in [1.29, 1.82) is 0 Å². The van der Waals surface area contributed by atoms with Crippen molar-refractivity contribution in [1.82, 2.24) is 4.31 Å². The molecule has 1 amide bonds. The molecular weight excluding hydrogens is 340 g/mol. The zero-order valence-electron chi connectivity index (χ0n) is 15.3. The van der Waals surface area contributed by atoms with E-state index in [1.54, 1.807) is 27.4 Å². The van der Waals surface area contributed by atoms with Crippen molar-refractivity contribution in [2.45, 2.75) is 57.1 Å². The van der Waals surface area contributed by atoms with Crippen molar-refractivity contribution in [3.63, 3.8) is 0 Å². The number of carbonyl (C=O) groups is 1. The molecule has 0 aliphatic carbocycles. The number of anilines is 1. The largest absolute Gasteiger partial charge is 0.375 e. The first-order valence-electron chi connectivity index (χ1n) is 8.68. The maximum atomic E-state index is 13.2. The average Bonchev–Trinajstić information content (AvgIpc) is 2.55. The lowest BCUT2D eigenvalue weighted by molar-refractivity contribution is -0.116. The lowest BCUT2D eigenvalue weighted by Crippen LogP contribution is -2.57. The van der Waals surface area contributed by atoms with Crippen LogP contribution in [-0.4, -0.2) is 50.0 Å². The summed E-state index contributed by atoms with van der Waals surface area (Å²) < 4.78 is 33.7. The predicted octanol–water partition coefficient (Wildman–Crippen LogP) is 2.17. The molecule has 1 atom stereocenters. The zero-order chi connectivity index (χ0) is 18.4. The lowest BCUT2D eigenvalue weighted by Gasteiger charge is -2.43. The summed E-state index contributed by atoms with van der Waals surface area (Å²) >= 11 is 0. The van der Waals surface area contributed by atoms with Crippen molar-refractivity contribution >= 4 is 21.6 Å². The molecule has 0 N–H and O–H groups in total. The first-order chi connectivity index (χ1) is 11.6. The van der Waals surface area contributed by atoms with Gasteiger partial charge < -0.3 is 9.64 Å². The summed E-state index contributed by atoms with van der Waals surface area (Å²) in [7, 11) is -3.62. The third-order valence-electron chi connectivity index (χ3n) is 4.96. The van der Waals surface area contributed by atoms with Gasteiger partial charge >= 0.3 is 0 Å². The molecule has 2 heterocycles. The fourth-order valence-electron chi connectivity index (χ4n) is 3.56. The van der Waals surface area contributed by atoms with Crippen molar-refractivity contribution in [3.05, 3.63) is 23.8 Å². The minimum absolute atomic E-state index is 0.0142.